The molecule has 0 aromatic heterocycles. The molecule has 4 aliphatic heterocycles. The van der Waals surface area contributed by atoms with Crippen LogP contribution in [0.25, 0.3) is 0 Å². The van der Waals surface area contributed by atoms with E-state index >= 15 is 0 Å². The van der Waals surface area contributed by atoms with Gasteiger partial charge in [0.1, 0.15) is 41.7 Å². The maximum absolute atomic E-state index is 14.5. The number of ether oxygens (including phenoxy) is 4. The summed E-state index contributed by atoms with van der Waals surface area (Å²) in [5.74, 6) is -1.82. The summed E-state index contributed by atoms with van der Waals surface area (Å²) in [4.78, 5) is 74.4. The number of carbonyl (C=O) groups is 5. The van der Waals surface area contributed by atoms with Gasteiger partial charge in [0.15, 0.2) is 0 Å². The van der Waals surface area contributed by atoms with E-state index in [9.17, 15) is 32.4 Å². The molecule has 3 N–H and O–H groups in total. The lowest BCUT2D eigenvalue weighted by atomic mass is 10.0. The third-order valence-electron chi connectivity index (χ3n) is 11.7. The number of fused-ring (bicyclic) bond motifs is 3. The predicted octanol–water partition coefficient (Wildman–Crippen LogP) is 2.72. The van der Waals surface area contributed by atoms with Gasteiger partial charge in [0, 0.05) is 45.1 Å². The van der Waals surface area contributed by atoms with Crippen LogP contribution >= 0.6 is 0 Å². The van der Waals surface area contributed by atoms with E-state index in [4.69, 9.17) is 18.9 Å². The number of hydrogen-bond donors (Lipinski definition) is 3. The normalized spacial score (nSPS) is 27.9. The standard InChI is InChI=1S/C41H58N6O11S/c1-40(2,3)58-38(51)42-33-10-8-6-4-5-7-9-29-23-41(29,37(50)44-59(53,54)32-13-14-32)43-35(48)34-22-31(26-47(34)36(33)49)57-39(52)46-24-27-11-12-30(21-28(27)25-46)56-20-17-45-15-18-55-19-16-45/h7,9,11-12,21,29,31-34H,4-6,8,10,13-20,22-26H2,1-3H3,(H,42,51)(H,43,48)(H,44,50)/t29-,31-,33+,34?,41-/m1/s1. The van der Waals surface area contributed by atoms with Crippen molar-refractivity contribution < 1.29 is 51.3 Å². The van der Waals surface area contributed by atoms with Crippen molar-refractivity contribution in [3.8, 4) is 5.75 Å². The zero-order valence-electron chi connectivity index (χ0n) is 34.2. The Hall–Kier alpha value is -4.42. The van der Waals surface area contributed by atoms with Crippen molar-refractivity contribution in [3.63, 3.8) is 0 Å². The van der Waals surface area contributed by atoms with Crippen LogP contribution in [0.2, 0.25) is 0 Å². The molecule has 1 unspecified atom stereocenters. The summed E-state index contributed by atoms with van der Waals surface area (Å²) in [6, 6.07) is 3.49. The monoisotopic (exact) mass is 842 g/mol. The molecule has 59 heavy (non-hydrogen) atoms. The number of alkyl carbamates (subject to hydrolysis) is 1. The number of amides is 5. The maximum Gasteiger partial charge on any atom is 0.410 e. The minimum Gasteiger partial charge on any atom is -0.492 e. The van der Waals surface area contributed by atoms with Gasteiger partial charge in [-0.25, -0.2) is 18.0 Å². The van der Waals surface area contributed by atoms with Crippen LogP contribution in [-0.4, -0.2) is 134 Å². The molecule has 4 heterocycles. The molecule has 7 rings (SSSR count). The van der Waals surface area contributed by atoms with Gasteiger partial charge in [-0.05, 0) is 82.6 Å². The van der Waals surface area contributed by atoms with Crippen molar-refractivity contribution >= 4 is 39.9 Å². The second-order valence-electron chi connectivity index (χ2n) is 17.5. The lowest BCUT2D eigenvalue weighted by molar-refractivity contribution is -0.141. The second-order valence-corrected chi connectivity index (χ2v) is 19.5. The van der Waals surface area contributed by atoms with Crippen molar-refractivity contribution in [2.45, 2.75) is 126 Å². The van der Waals surface area contributed by atoms with Gasteiger partial charge in [-0.1, -0.05) is 31.1 Å². The molecule has 1 aromatic carbocycles. The van der Waals surface area contributed by atoms with Crippen LogP contribution < -0.4 is 20.1 Å². The highest BCUT2D eigenvalue weighted by Gasteiger charge is 2.62. The van der Waals surface area contributed by atoms with Crippen LogP contribution in [0.4, 0.5) is 9.59 Å². The summed E-state index contributed by atoms with van der Waals surface area (Å²) in [7, 11) is -3.92. The summed E-state index contributed by atoms with van der Waals surface area (Å²) in [6.45, 7) is 10.1. The number of benzene rings is 1. The second kappa shape index (κ2) is 17.7. The van der Waals surface area contributed by atoms with Crippen molar-refractivity contribution in [2.75, 3.05) is 46.0 Å². The molecule has 0 bridgehead atoms. The lowest BCUT2D eigenvalue weighted by Crippen LogP contribution is -2.58. The Morgan fingerprint density at radius 3 is 2.53 bits per heavy atom. The van der Waals surface area contributed by atoms with E-state index < -0.39 is 80.4 Å². The third kappa shape index (κ3) is 10.7. The summed E-state index contributed by atoms with van der Waals surface area (Å²) in [5, 5.41) is 4.90. The van der Waals surface area contributed by atoms with Crippen LogP contribution in [-0.2, 0) is 51.7 Å². The first-order valence-corrected chi connectivity index (χ1v) is 22.5. The number of carbonyl (C=O) groups excluding carboxylic acids is 5. The van der Waals surface area contributed by atoms with Crippen molar-refractivity contribution in [2.24, 2.45) is 5.92 Å². The van der Waals surface area contributed by atoms with E-state index in [1.807, 2.05) is 30.4 Å². The Morgan fingerprint density at radius 1 is 1.02 bits per heavy atom. The number of rotatable bonds is 9. The molecule has 324 valence electrons. The average Bonchev–Trinajstić information content (AvgIpc) is 4.07. The largest absolute Gasteiger partial charge is 0.492 e. The molecule has 17 nitrogen and oxygen atoms in total. The molecule has 4 fully saturated rings. The van der Waals surface area contributed by atoms with Crippen LogP contribution in [0.3, 0.4) is 0 Å². The number of hydrogen-bond acceptors (Lipinski definition) is 12. The Labute approximate surface area is 345 Å². The van der Waals surface area contributed by atoms with Crippen LogP contribution in [0, 0.1) is 5.92 Å². The fourth-order valence-electron chi connectivity index (χ4n) is 8.22. The van der Waals surface area contributed by atoms with E-state index in [1.165, 1.54) is 4.90 Å². The van der Waals surface area contributed by atoms with Gasteiger partial charge in [0.25, 0.3) is 5.91 Å². The quantitative estimate of drug-likeness (QED) is 0.308. The molecular weight excluding hydrogens is 785 g/mol. The zero-order chi connectivity index (χ0) is 42.0. The molecular formula is C41H58N6O11S. The summed E-state index contributed by atoms with van der Waals surface area (Å²) < 4.78 is 50.8. The fourth-order valence-corrected chi connectivity index (χ4v) is 9.59. The van der Waals surface area contributed by atoms with E-state index in [-0.39, 0.29) is 32.4 Å². The molecule has 5 amide bonds. The minimum absolute atomic E-state index is 0.0804. The zero-order valence-corrected chi connectivity index (χ0v) is 35.1. The van der Waals surface area contributed by atoms with E-state index in [0.29, 0.717) is 57.8 Å². The van der Waals surface area contributed by atoms with Gasteiger partial charge in [0.05, 0.1) is 25.0 Å². The summed E-state index contributed by atoms with van der Waals surface area (Å²) in [6.07, 6.45) is 5.52. The molecule has 5 atom stereocenters. The highest BCUT2D eigenvalue weighted by Crippen LogP contribution is 2.46. The number of allylic oxidation sites excluding steroid dienone is 1. The minimum atomic E-state index is -3.92. The van der Waals surface area contributed by atoms with Gasteiger partial charge in [-0.3, -0.25) is 28.9 Å². The van der Waals surface area contributed by atoms with Crippen molar-refractivity contribution in [1.82, 2.24) is 30.1 Å². The molecule has 0 spiro atoms. The number of nitrogens with zero attached hydrogens (tertiary/aromatic N) is 3. The van der Waals surface area contributed by atoms with Crippen LogP contribution in [0.5, 0.6) is 5.75 Å². The number of nitrogens with one attached hydrogen (secondary N) is 3. The van der Waals surface area contributed by atoms with Gasteiger partial charge in [-0.2, -0.15) is 0 Å². The average molecular weight is 843 g/mol. The molecule has 2 saturated heterocycles. The van der Waals surface area contributed by atoms with Crippen LogP contribution in [0.1, 0.15) is 89.7 Å². The van der Waals surface area contributed by atoms with Crippen molar-refractivity contribution in [3.05, 3.63) is 41.5 Å². The summed E-state index contributed by atoms with van der Waals surface area (Å²) in [5.41, 5.74) is -0.493. The first-order valence-electron chi connectivity index (χ1n) is 21.0. The van der Waals surface area contributed by atoms with Crippen LogP contribution in [0.15, 0.2) is 30.4 Å². The summed E-state index contributed by atoms with van der Waals surface area (Å²) >= 11 is 0. The Morgan fingerprint density at radius 2 is 1.78 bits per heavy atom. The lowest BCUT2D eigenvalue weighted by Gasteiger charge is -2.30. The maximum atomic E-state index is 14.5. The fraction of sp³-hybridized carbons (Fsp3) is 0.683. The van der Waals surface area contributed by atoms with Gasteiger partial charge in [0.2, 0.25) is 21.8 Å². The van der Waals surface area contributed by atoms with Crippen molar-refractivity contribution in [1.29, 1.82) is 0 Å². The molecule has 0 radical (unpaired) electrons. The van der Waals surface area contributed by atoms with E-state index in [2.05, 4.69) is 20.3 Å². The Kier molecular flexibility index (Phi) is 12.8. The number of morpholine rings is 1. The molecule has 2 saturated carbocycles. The van der Waals surface area contributed by atoms with Gasteiger partial charge in [-0.15, -0.1) is 0 Å². The SMILES string of the molecule is CC(C)(C)OC(=O)N[C@H]1CCCCCC=C[C@@H]2C[C@@]2(C(=O)NS(=O)(=O)C2CC2)NC(=O)C2C[C@@H](OC(=O)N3Cc4ccc(OCCN5CCOCC5)cc4C3)CN2C1=O. The Bertz CT molecular complexity index is 1910. The predicted molar refractivity (Wildman–Crippen MR) is 213 cm³/mol. The molecule has 18 heteroatoms. The Balaban J connectivity index is 1.06. The molecule has 1 aromatic rings. The smallest absolute Gasteiger partial charge is 0.410 e. The van der Waals surface area contributed by atoms with E-state index in [0.717, 1.165) is 43.6 Å². The topological polar surface area (TPSA) is 202 Å². The van der Waals surface area contributed by atoms with E-state index in [1.54, 1.807) is 25.7 Å². The van der Waals surface area contributed by atoms with Gasteiger partial charge < -0.3 is 34.5 Å². The highest BCUT2D eigenvalue weighted by molar-refractivity contribution is 7.91. The molecule has 2 aliphatic carbocycles. The van der Waals surface area contributed by atoms with Gasteiger partial charge >= 0.3 is 12.2 Å². The first-order chi connectivity index (χ1) is 28.1. The molecule has 6 aliphatic rings. The first kappa shape index (κ1) is 42.7. The highest BCUT2D eigenvalue weighted by atomic mass is 32.2. The third-order valence-corrected chi connectivity index (χ3v) is 13.6. The number of sulfonamides is 1.